The van der Waals surface area contributed by atoms with Gasteiger partial charge in [0.15, 0.2) is 17.3 Å². The highest BCUT2D eigenvalue weighted by Crippen LogP contribution is 2.24. The predicted molar refractivity (Wildman–Crippen MR) is 133 cm³/mol. The van der Waals surface area contributed by atoms with Crippen molar-refractivity contribution in [3.8, 4) is 11.3 Å². The first kappa shape index (κ1) is 25.3. The van der Waals surface area contributed by atoms with Crippen molar-refractivity contribution < 1.29 is 9.21 Å². The van der Waals surface area contributed by atoms with E-state index in [0.717, 1.165) is 12.0 Å². The van der Waals surface area contributed by atoms with Gasteiger partial charge in [-0.05, 0) is 36.6 Å². The number of hydrogen-bond donors (Lipinski definition) is 2. The topological polar surface area (TPSA) is 127 Å². The number of nitrogens with zero attached hydrogens (tertiary/aromatic N) is 3. The van der Waals surface area contributed by atoms with Crippen LogP contribution in [0.25, 0.3) is 11.3 Å². The summed E-state index contributed by atoms with van der Waals surface area (Å²) in [7, 11) is 0. The first-order valence-electron chi connectivity index (χ1n) is 11.3. The van der Waals surface area contributed by atoms with Crippen LogP contribution < -0.4 is 21.9 Å². The molecule has 3 aromatic rings. The van der Waals surface area contributed by atoms with E-state index in [1.54, 1.807) is 18.3 Å². The van der Waals surface area contributed by atoms with Crippen molar-refractivity contribution in [1.82, 2.24) is 14.5 Å². The van der Waals surface area contributed by atoms with E-state index >= 15 is 0 Å². The number of carbonyl (C=O) groups excluding carboxylic acids is 1. The number of nitrogen functional groups attached to an aromatic ring is 1. The lowest BCUT2D eigenvalue weighted by Crippen LogP contribution is -2.42. The van der Waals surface area contributed by atoms with E-state index in [1.165, 1.54) is 9.47 Å². The summed E-state index contributed by atoms with van der Waals surface area (Å²) in [5.74, 6) is 0.728. The molecule has 3 rings (SSSR count). The molecule has 10 heteroatoms. The van der Waals surface area contributed by atoms with Gasteiger partial charge >= 0.3 is 5.69 Å². The molecule has 0 aliphatic carbocycles. The fourth-order valence-electron chi connectivity index (χ4n) is 3.58. The van der Waals surface area contributed by atoms with Crippen LogP contribution in [0, 0.1) is 5.92 Å². The number of amides is 1. The molecule has 0 fully saturated rings. The van der Waals surface area contributed by atoms with Gasteiger partial charge in [-0.15, -0.1) is 0 Å². The lowest BCUT2D eigenvalue weighted by Gasteiger charge is -2.26. The molecule has 0 atom stereocenters. The second-order valence-electron chi connectivity index (χ2n) is 8.52. The number of aromatic amines is 1. The number of carbonyl (C=O) groups is 1. The van der Waals surface area contributed by atoms with Gasteiger partial charge in [0, 0.05) is 36.5 Å². The van der Waals surface area contributed by atoms with E-state index in [0.29, 0.717) is 29.6 Å². The summed E-state index contributed by atoms with van der Waals surface area (Å²) in [5.41, 5.74) is 5.81. The molecule has 2 aromatic heterocycles. The second kappa shape index (κ2) is 11.2. The number of unbranched alkanes of at least 4 members (excludes halogenated alkanes) is 1. The number of benzene rings is 1. The summed E-state index contributed by atoms with van der Waals surface area (Å²) in [5, 5.41) is 0.620. The Balaban J connectivity index is 1.83. The maximum absolute atomic E-state index is 13.2. The van der Waals surface area contributed by atoms with Gasteiger partial charge < -0.3 is 15.1 Å². The standard InChI is InChI=1S/C24H30ClN5O4/c1-4-5-12-29-22(26)21(23(32)28-24(29)33)30(14-15(2)3)20(31)11-10-19-27-13-18(34-19)16-6-8-17(25)9-7-16/h6-9,13,15H,4-5,10-12,14,26H2,1-3H3,(H,28,32,33). The van der Waals surface area contributed by atoms with Crippen molar-refractivity contribution in [3.05, 3.63) is 62.2 Å². The van der Waals surface area contributed by atoms with Crippen molar-refractivity contribution in [1.29, 1.82) is 0 Å². The molecule has 3 N–H and O–H groups in total. The first-order chi connectivity index (χ1) is 16.2. The summed E-state index contributed by atoms with van der Waals surface area (Å²) in [4.78, 5) is 46.1. The molecule has 1 aromatic carbocycles. The molecule has 0 unspecified atom stereocenters. The Morgan fingerprint density at radius 1 is 1.26 bits per heavy atom. The molecule has 0 spiro atoms. The third-order valence-electron chi connectivity index (χ3n) is 5.30. The van der Waals surface area contributed by atoms with Crippen LogP contribution in [0.4, 0.5) is 11.5 Å². The number of rotatable bonds is 10. The minimum Gasteiger partial charge on any atom is -0.441 e. The number of nitrogens with one attached hydrogen (secondary N) is 1. The average Bonchev–Trinajstić information content (AvgIpc) is 3.26. The van der Waals surface area contributed by atoms with Crippen LogP contribution >= 0.6 is 11.6 Å². The molecular weight excluding hydrogens is 458 g/mol. The summed E-state index contributed by atoms with van der Waals surface area (Å²) in [6, 6.07) is 7.16. The van der Waals surface area contributed by atoms with Gasteiger partial charge in [-0.3, -0.25) is 19.1 Å². The zero-order valence-corrected chi connectivity index (χ0v) is 20.4. The smallest absolute Gasteiger partial charge is 0.330 e. The van der Waals surface area contributed by atoms with Crippen LogP contribution in [0.5, 0.6) is 0 Å². The molecule has 0 bridgehead atoms. The van der Waals surface area contributed by atoms with Gasteiger partial charge in [-0.2, -0.15) is 0 Å². The number of aryl methyl sites for hydroxylation is 1. The minimum atomic E-state index is -0.676. The molecule has 2 heterocycles. The molecule has 0 radical (unpaired) electrons. The highest BCUT2D eigenvalue weighted by molar-refractivity contribution is 6.30. The van der Waals surface area contributed by atoms with E-state index in [1.807, 2.05) is 32.9 Å². The first-order valence-corrected chi connectivity index (χ1v) is 11.7. The van der Waals surface area contributed by atoms with Gasteiger partial charge in [-0.25, -0.2) is 9.78 Å². The Hall–Kier alpha value is -3.33. The molecule has 0 aliphatic rings. The SMILES string of the molecule is CCCCn1c(N)c(N(CC(C)C)C(=O)CCc2ncc(-c3ccc(Cl)cc3)o2)c(=O)[nH]c1=O. The molecule has 0 saturated heterocycles. The third kappa shape index (κ3) is 5.96. The lowest BCUT2D eigenvalue weighted by atomic mass is 10.1. The number of oxazole rings is 1. The van der Waals surface area contributed by atoms with Crippen molar-refractivity contribution in [2.75, 3.05) is 17.2 Å². The summed E-state index contributed by atoms with van der Waals surface area (Å²) in [6.45, 7) is 6.50. The Morgan fingerprint density at radius 3 is 2.62 bits per heavy atom. The fourth-order valence-corrected chi connectivity index (χ4v) is 3.71. The van der Waals surface area contributed by atoms with E-state index in [9.17, 15) is 14.4 Å². The van der Waals surface area contributed by atoms with E-state index in [-0.39, 0.29) is 42.7 Å². The van der Waals surface area contributed by atoms with Gasteiger partial charge in [0.05, 0.1) is 6.20 Å². The molecule has 9 nitrogen and oxygen atoms in total. The van der Waals surface area contributed by atoms with Crippen molar-refractivity contribution in [3.63, 3.8) is 0 Å². The van der Waals surface area contributed by atoms with E-state index in [4.69, 9.17) is 21.8 Å². The maximum Gasteiger partial charge on any atom is 0.330 e. The number of nitrogens with two attached hydrogens (primary N) is 1. The van der Waals surface area contributed by atoms with Crippen LogP contribution in [-0.2, 0) is 17.8 Å². The predicted octanol–water partition coefficient (Wildman–Crippen LogP) is 3.85. The summed E-state index contributed by atoms with van der Waals surface area (Å²) in [6.07, 6.45) is 3.47. The number of H-pyrrole nitrogens is 1. The molecule has 34 heavy (non-hydrogen) atoms. The molecule has 1 amide bonds. The Labute approximate surface area is 202 Å². The van der Waals surface area contributed by atoms with Crippen LogP contribution in [-0.4, -0.2) is 27.0 Å². The molecule has 0 saturated carbocycles. The van der Waals surface area contributed by atoms with E-state index < -0.39 is 11.2 Å². The van der Waals surface area contributed by atoms with E-state index in [2.05, 4.69) is 9.97 Å². The lowest BCUT2D eigenvalue weighted by molar-refractivity contribution is -0.118. The Bertz CT molecular complexity index is 1240. The van der Waals surface area contributed by atoms with Crippen LogP contribution in [0.3, 0.4) is 0 Å². The zero-order chi connectivity index (χ0) is 24.8. The summed E-state index contributed by atoms with van der Waals surface area (Å²) < 4.78 is 7.10. The third-order valence-corrected chi connectivity index (χ3v) is 5.56. The molecule has 182 valence electrons. The van der Waals surface area contributed by atoms with Gasteiger partial charge in [-0.1, -0.05) is 38.8 Å². The van der Waals surface area contributed by atoms with Gasteiger partial charge in [0.25, 0.3) is 5.56 Å². The minimum absolute atomic E-state index is 0.00246. The number of hydrogen-bond acceptors (Lipinski definition) is 6. The number of halogens is 1. The highest BCUT2D eigenvalue weighted by atomic mass is 35.5. The monoisotopic (exact) mass is 487 g/mol. The quantitative estimate of drug-likeness (QED) is 0.447. The maximum atomic E-state index is 13.2. The van der Waals surface area contributed by atoms with Crippen LogP contribution in [0.2, 0.25) is 5.02 Å². The Morgan fingerprint density at radius 2 is 1.97 bits per heavy atom. The van der Waals surface area contributed by atoms with Gasteiger partial charge in [0.1, 0.15) is 5.82 Å². The van der Waals surface area contributed by atoms with Crippen LogP contribution in [0.1, 0.15) is 45.9 Å². The van der Waals surface area contributed by atoms with Crippen LogP contribution in [0.15, 0.2) is 44.5 Å². The number of anilines is 2. The largest absolute Gasteiger partial charge is 0.441 e. The van der Waals surface area contributed by atoms with Crippen molar-refractivity contribution >= 4 is 29.0 Å². The average molecular weight is 488 g/mol. The highest BCUT2D eigenvalue weighted by Gasteiger charge is 2.25. The Kier molecular flexibility index (Phi) is 8.33. The van der Waals surface area contributed by atoms with Crippen molar-refractivity contribution in [2.45, 2.75) is 53.0 Å². The summed E-state index contributed by atoms with van der Waals surface area (Å²) >= 11 is 5.93. The van der Waals surface area contributed by atoms with Crippen molar-refractivity contribution in [2.24, 2.45) is 5.92 Å². The normalized spacial score (nSPS) is 11.2. The van der Waals surface area contributed by atoms with Gasteiger partial charge in [0.2, 0.25) is 5.91 Å². The molecular formula is C24H30ClN5O4. The fraction of sp³-hybridized carbons (Fsp3) is 0.417. The molecule has 0 aliphatic heterocycles. The second-order valence-corrected chi connectivity index (χ2v) is 8.96. The number of aromatic nitrogens is 3. The zero-order valence-electron chi connectivity index (χ0n) is 19.6.